The van der Waals surface area contributed by atoms with Crippen LogP contribution in [0.15, 0.2) is 24.3 Å². The number of benzene rings is 1. The van der Waals surface area contributed by atoms with Crippen LogP contribution in [-0.2, 0) is 9.59 Å². The van der Waals surface area contributed by atoms with Gasteiger partial charge in [-0.05, 0) is 39.0 Å². The Hall–Kier alpha value is -1.91. The number of likely N-dealkylation sites (tertiary alicyclic amines) is 1. The van der Waals surface area contributed by atoms with Gasteiger partial charge in [0.05, 0.1) is 5.92 Å². The summed E-state index contributed by atoms with van der Waals surface area (Å²) in [7, 11) is 0. The van der Waals surface area contributed by atoms with Crippen LogP contribution >= 0.6 is 0 Å². The third-order valence-electron chi connectivity index (χ3n) is 3.40. The first-order valence-electron chi connectivity index (χ1n) is 6.64. The van der Waals surface area contributed by atoms with Crippen molar-refractivity contribution in [2.45, 2.75) is 32.7 Å². The van der Waals surface area contributed by atoms with E-state index in [-0.39, 0.29) is 29.7 Å². The average Bonchev–Trinajstić information content (AvgIpc) is 2.71. The van der Waals surface area contributed by atoms with Gasteiger partial charge in [0.25, 0.3) is 0 Å². The van der Waals surface area contributed by atoms with Crippen LogP contribution < -0.4 is 5.32 Å². The normalized spacial score (nSPS) is 19.3. The third kappa shape index (κ3) is 3.15. The van der Waals surface area contributed by atoms with Crippen molar-refractivity contribution in [1.82, 2.24) is 4.90 Å². The van der Waals surface area contributed by atoms with E-state index in [2.05, 4.69) is 5.32 Å². The molecule has 4 nitrogen and oxygen atoms in total. The van der Waals surface area contributed by atoms with E-state index in [0.29, 0.717) is 12.2 Å². The highest BCUT2D eigenvalue weighted by Gasteiger charge is 2.39. The summed E-state index contributed by atoms with van der Waals surface area (Å²) in [6, 6.07) is 5.73. The lowest BCUT2D eigenvalue weighted by atomic mass is 10.1. The quantitative estimate of drug-likeness (QED) is 0.903. The minimum Gasteiger partial charge on any atom is -0.337 e. The van der Waals surface area contributed by atoms with Crippen molar-refractivity contribution in [3.05, 3.63) is 30.1 Å². The number of halogens is 1. The van der Waals surface area contributed by atoms with E-state index in [4.69, 9.17) is 0 Å². The molecule has 1 aromatic carbocycles. The van der Waals surface area contributed by atoms with E-state index >= 15 is 0 Å². The molecule has 0 spiro atoms. The molecule has 108 valence electrons. The van der Waals surface area contributed by atoms with Crippen molar-refractivity contribution in [1.29, 1.82) is 0 Å². The van der Waals surface area contributed by atoms with Gasteiger partial charge in [-0.25, -0.2) is 4.39 Å². The topological polar surface area (TPSA) is 49.4 Å². The van der Waals surface area contributed by atoms with Crippen LogP contribution in [0, 0.1) is 11.7 Å². The molecule has 1 aliphatic rings. The molecule has 1 fully saturated rings. The van der Waals surface area contributed by atoms with E-state index in [1.54, 1.807) is 11.0 Å². The Bertz CT molecular complexity index is 537. The molecule has 1 saturated heterocycles. The maximum atomic E-state index is 13.1. The number of carbonyl (C=O) groups is 2. The summed E-state index contributed by atoms with van der Waals surface area (Å²) in [6.45, 7) is 6.23. The molecule has 1 aliphatic heterocycles. The summed E-state index contributed by atoms with van der Waals surface area (Å²) < 4.78 is 13.1. The van der Waals surface area contributed by atoms with Crippen molar-refractivity contribution < 1.29 is 14.0 Å². The number of hydrogen-bond acceptors (Lipinski definition) is 2. The van der Waals surface area contributed by atoms with Crippen LogP contribution in [0.25, 0.3) is 0 Å². The van der Waals surface area contributed by atoms with Gasteiger partial charge in [0.15, 0.2) is 0 Å². The van der Waals surface area contributed by atoms with Gasteiger partial charge < -0.3 is 10.2 Å². The molecule has 0 aliphatic carbocycles. The molecular weight excluding hydrogens is 259 g/mol. The highest BCUT2D eigenvalue weighted by Crippen LogP contribution is 2.26. The molecule has 20 heavy (non-hydrogen) atoms. The van der Waals surface area contributed by atoms with Crippen molar-refractivity contribution in [2.24, 2.45) is 5.92 Å². The van der Waals surface area contributed by atoms with Gasteiger partial charge in [0.1, 0.15) is 5.82 Å². The molecule has 0 saturated carbocycles. The first-order chi connectivity index (χ1) is 9.27. The van der Waals surface area contributed by atoms with E-state index in [0.717, 1.165) is 0 Å². The molecule has 0 unspecified atom stereocenters. The Morgan fingerprint density at radius 2 is 2.10 bits per heavy atom. The monoisotopic (exact) mass is 278 g/mol. The highest BCUT2D eigenvalue weighted by atomic mass is 19.1. The molecule has 5 heteroatoms. The predicted molar refractivity (Wildman–Crippen MR) is 74.6 cm³/mol. The second-order valence-corrected chi connectivity index (χ2v) is 6.08. The van der Waals surface area contributed by atoms with Crippen LogP contribution in [0.4, 0.5) is 10.1 Å². The van der Waals surface area contributed by atoms with Gasteiger partial charge in [-0.2, -0.15) is 0 Å². The van der Waals surface area contributed by atoms with E-state index in [9.17, 15) is 14.0 Å². The van der Waals surface area contributed by atoms with Crippen molar-refractivity contribution >= 4 is 17.5 Å². The summed E-state index contributed by atoms with van der Waals surface area (Å²) in [5.41, 5.74) is 0.127. The zero-order valence-electron chi connectivity index (χ0n) is 11.9. The van der Waals surface area contributed by atoms with Crippen LogP contribution in [0.2, 0.25) is 0 Å². The standard InChI is InChI=1S/C15H19FN2O2/c1-15(2,3)18-9-10(7-13(18)19)14(20)17-12-6-4-5-11(16)8-12/h4-6,8,10H,7,9H2,1-3H3,(H,17,20)/t10-/m1/s1. The summed E-state index contributed by atoms with van der Waals surface area (Å²) in [6.07, 6.45) is 0.207. The molecular formula is C15H19FN2O2. The summed E-state index contributed by atoms with van der Waals surface area (Å²) >= 11 is 0. The molecule has 0 radical (unpaired) electrons. The van der Waals surface area contributed by atoms with Crippen molar-refractivity contribution in [2.75, 3.05) is 11.9 Å². The number of nitrogens with one attached hydrogen (secondary N) is 1. The fourth-order valence-corrected chi connectivity index (χ4v) is 2.34. The van der Waals surface area contributed by atoms with E-state index in [1.165, 1.54) is 18.2 Å². The lowest BCUT2D eigenvalue weighted by Gasteiger charge is -2.31. The number of anilines is 1. The Kier molecular flexibility index (Phi) is 3.79. The molecule has 2 rings (SSSR count). The fourth-order valence-electron chi connectivity index (χ4n) is 2.34. The second kappa shape index (κ2) is 5.23. The molecule has 1 aromatic rings. The molecule has 1 heterocycles. The largest absolute Gasteiger partial charge is 0.337 e. The summed E-state index contributed by atoms with van der Waals surface area (Å²) in [4.78, 5) is 25.8. The van der Waals surface area contributed by atoms with Gasteiger partial charge >= 0.3 is 0 Å². The molecule has 1 N–H and O–H groups in total. The molecule has 1 atom stereocenters. The minimum atomic E-state index is -0.401. The van der Waals surface area contributed by atoms with Crippen molar-refractivity contribution in [3.63, 3.8) is 0 Å². The number of carbonyl (C=O) groups excluding carboxylic acids is 2. The zero-order valence-corrected chi connectivity index (χ0v) is 11.9. The molecule has 2 amide bonds. The van der Waals surface area contributed by atoms with Gasteiger partial charge in [-0.1, -0.05) is 6.07 Å². The average molecular weight is 278 g/mol. The van der Waals surface area contributed by atoms with Gasteiger partial charge in [-0.15, -0.1) is 0 Å². The lowest BCUT2D eigenvalue weighted by Crippen LogP contribution is -2.42. The highest BCUT2D eigenvalue weighted by molar-refractivity contribution is 5.97. The van der Waals surface area contributed by atoms with Crippen LogP contribution in [0.5, 0.6) is 0 Å². The number of amides is 2. The van der Waals surface area contributed by atoms with Crippen LogP contribution in [0.3, 0.4) is 0 Å². The van der Waals surface area contributed by atoms with E-state index < -0.39 is 5.82 Å². The summed E-state index contributed by atoms with van der Waals surface area (Å²) in [5, 5.41) is 2.66. The maximum Gasteiger partial charge on any atom is 0.229 e. The van der Waals surface area contributed by atoms with E-state index in [1.807, 2.05) is 20.8 Å². The Balaban J connectivity index is 2.03. The number of hydrogen-bond donors (Lipinski definition) is 1. The smallest absolute Gasteiger partial charge is 0.229 e. The van der Waals surface area contributed by atoms with Crippen LogP contribution in [0.1, 0.15) is 27.2 Å². The van der Waals surface area contributed by atoms with Gasteiger partial charge in [0, 0.05) is 24.2 Å². The Morgan fingerprint density at radius 3 is 2.65 bits per heavy atom. The first-order valence-corrected chi connectivity index (χ1v) is 6.64. The number of rotatable bonds is 2. The van der Waals surface area contributed by atoms with Gasteiger partial charge in [-0.3, -0.25) is 9.59 Å². The van der Waals surface area contributed by atoms with Gasteiger partial charge in [0.2, 0.25) is 11.8 Å². The molecule has 0 bridgehead atoms. The first kappa shape index (κ1) is 14.5. The predicted octanol–water partition coefficient (Wildman–Crippen LogP) is 2.41. The Labute approximate surface area is 118 Å². The minimum absolute atomic E-state index is 0.0168. The Morgan fingerprint density at radius 1 is 1.40 bits per heavy atom. The zero-order chi connectivity index (χ0) is 14.9. The lowest BCUT2D eigenvalue weighted by molar-refractivity contribution is -0.131. The van der Waals surface area contributed by atoms with Crippen LogP contribution in [-0.4, -0.2) is 28.8 Å². The third-order valence-corrected chi connectivity index (χ3v) is 3.40. The summed E-state index contributed by atoms with van der Waals surface area (Å²) in [5.74, 6) is -1.04. The maximum absolute atomic E-state index is 13.1. The second-order valence-electron chi connectivity index (χ2n) is 6.08. The van der Waals surface area contributed by atoms with Crippen molar-refractivity contribution in [3.8, 4) is 0 Å². The molecule has 0 aromatic heterocycles. The fraction of sp³-hybridized carbons (Fsp3) is 0.467. The SMILES string of the molecule is CC(C)(C)N1C[C@H](C(=O)Nc2cccc(F)c2)CC1=O. The number of nitrogens with zero attached hydrogens (tertiary/aromatic N) is 1.